The second-order valence-corrected chi connectivity index (χ2v) is 3.91. The van der Waals surface area contributed by atoms with E-state index in [1.165, 1.54) is 12.2 Å². The Hall–Kier alpha value is -1.61. The molecule has 1 heterocycles. The molecule has 0 unspecified atom stereocenters. The topological polar surface area (TPSA) is 46.5 Å². The first-order chi connectivity index (χ1) is 7.74. The molecule has 2 atom stereocenters. The molecule has 3 nitrogen and oxygen atoms in total. The Morgan fingerprint density at radius 3 is 2.81 bits per heavy atom. The van der Waals surface area contributed by atoms with Crippen LogP contribution in [-0.4, -0.2) is 23.3 Å². The molecule has 16 heavy (non-hydrogen) atoms. The number of ether oxygens (including phenoxy) is 1. The number of esters is 1. The Morgan fingerprint density at radius 1 is 1.31 bits per heavy atom. The van der Waals surface area contributed by atoms with Gasteiger partial charge in [0.1, 0.15) is 6.10 Å². The fraction of sp³-hybridized carbons (Fsp3) is 0.308. The quantitative estimate of drug-likeness (QED) is 0.764. The fourth-order valence-electron chi connectivity index (χ4n) is 1.79. The van der Waals surface area contributed by atoms with Crippen molar-refractivity contribution in [2.24, 2.45) is 0 Å². The molecule has 0 amide bonds. The first-order valence-electron chi connectivity index (χ1n) is 5.35. The molecule has 0 bridgehead atoms. The zero-order valence-electron chi connectivity index (χ0n) is 8.87. The van der Waals surface area contributed by atoms with Crippen molar-refractivity contribution in [1.29, 1.82) is 0 Å². The number of cyclic esters (lactones) is 1. The summed E-state index contributed by atoms with van der Waals surface area (Å²) in [6.07, 6.45) is 3.02. The summed E-state index contributed by atoms with van der Waals surface area (Å²) in [5.74, 6) is -0.377. The number of aliphatic hydroxyl groups excluding tert-OH is 1. The van der Waals surface area contributed by atoms with E-state index in [1.807, 2.05) is 30.3 Å². The summed E-state index contributed by atoms with van der Waals surface area (Å²) in [5.41, 5.74) is 1.11. The highest BCUT2D eigenvalue weighted by atomic mass is 16.5. The van der Waals surface area contributed by atoms with Gasteiger partial charge in [-0.2, -0.15) is 0 Å². The van der Waals surface area contributed by atoms with Crippen molar-refractivity contribution in [3.63, 3.8) is 0 Å². The van der Waals surface area contributed by atoms with Crippen LogP contribution in [0.5, 0.6) is 0 Å². The van der Waals surface area contributed by atoms with E-state index in [-0.39, 0.29) is 12.1 Å². The zero-order valence-corrected chi connectivity index (χ0v) is 8.87. The Morgan fingerprint density at radius 2 is 2.06 bits per heavy atom. The van der Waals surface area contributed by atoms with Crippen molar-refractivity contribution in [1.82, 2.24) is 0 Å². The summed E-state index contributed by atoms with van der Waals surface area (Å²) >= 11 is 0. The van der Waals surface area contributed by atoms with E-state index >= 15 is 0 Å². The number of benzene rings is 1. The minimum absolute atomic E-state index is 0.250. The van der Waals surface area contributed by atoms with Gasteiger partial charge in [-0.05, 0) is 11.6 Å². The van der Waals surface area contributed by atoms with Crippen molar-refractivity contribution in [3.05, 3.63) is 48.0 Å². The molecular formula is C13H14O3. The van der Waals surface area contributed by atoms with Crippen LogP contribution < -0.4 is 0 Å². The van der Waals surface area contributed by atoms with Crippen LogP contribution in [0.4, 0.5) is 0 Å². The molecule has 0 fully saturated rings. The molecule has 1 aromatic rings. The lowest BCUT2D eigenvalue weighted by atomic mass is 10.0. The lowest BCUT2D eigenvalue weighted by molar-refractivity contribution is -0.143. The minimum atomic E-state index is -0.597. The molecule has 3 heteroatoms. The Kier molecular flexibility index (Phi) is 3.37. The monoisotopic (exact) mass is 218 g/mol. The maximum atomic E-state index is 11.2. The Bertz CT molecular complexity index is 383. The van der Waals surface area contributed by atoms with Crippen LogP contribution in [0.3, 0.4) is 0 Å². The maximum Gasteiger partial charge on any atom is 0.330 e. The van der Waals surface area contributed by atoms with Gasteiger partial charge in [-0.25, -0.2) is 4.79 Å². The van der Waals surface area contributed by atoms with E-state index in [2.05, 4.69) is 0 Å². The predicted molar refractivity (Wildman–Crippen MR) is 59.8 cm³/mol. The van der Waals surface area contributed by atoms with Crippen molar-refractivity contribution >= 4 is 5.97 Å². The largest absolute Gasteiger partial charge is 0.459 e. The van der Waals surface area contributed by atoms with Gasteiger partial charge in [-0.3, -0.25) is 0 Å². The number of aliphatic hydroxyl groups is 1. The van der Waals surface area contributed by atoms with Gasteiger partial charge in [0.2, 0.25) is 0 Å². The van der Waals surface area contributed by atoms with Gasteiger partial charge >= 0.3 is 5.97 Å². The van der Waals surface area contributed by atoms with E-state index in [0.717, 1.165) is 5.56 Å². The third-order valence-electron chi connectivity index (χ3n) is 2.55. The van der Waals surface area contributed by atoms with E-state index in [1.54, 1.807) is 0 Å². The van der Waals surface area contributed by atoms with Crippen molar-refractivity contribution in [3.8, 4) is 0 Å². The molecule has 1 aliphatic heterocycles. The van der Waals surface area contributed by atoms with Crippen LogP contribution in [0.25, 0.3) is 0 Å². The third kappa shape index (κ3) is 2.94. The standard InChI is InChI=1S/C13H14O3/c14-11-6-7-13(15)16-12(9-11)8-10-4-2-1-3-5-10/h1-7,11-12,14H,8-9H2/t11-,12-/m0/s1. The SMILES string of the molecule is O=C1C=C[C@H](O)C[C@H](Cc2ccccc2)O1. The second-order valence-electron chi connectivity index (χ2n) is 3.91. The maximum absolute atomic E-state index is 11.2. The first-order valence-corrected chi connectivity index (χ1v) is 5.35. The normalized spacial score (nSPS) is 24.9. The Balaban J connectivity index is 2.02. The van der Waals surface area contributed by atoms with Crippen LogP contribution >= 0.6 is 0 Å². The van der Waals surface area contributed by atoms with Crippen LogP contribution in [0.1, 0.15) is 12.0 Å². The van der Waals surface area contributed by atoms with Gasteiger partial charge in [0.05, 0.1) is 6.10 Å². The van der Waals surface area contributed by atoms with Crippen LogP contribution in [0, 0.1) is 0 Å². The third-order valence-corrected chi connectivity index (χ3v) is 2.55. The zero-order chi connectivity index (χ0) is 11.4. The second kappa shape index (κ2) is 4.94. The molecule has 0 radical (unpaired) electrons. The summed E-state index contributed by atoms with van der Waals surface area (Å²) < 4.78 is 5.20. The van der Waals surface area contributed by atoms with Gasteiger partial charge < -0.3 is 9.84 Å². The van der Waals surface area contributed by atoms with Crippen molar-refractivity contribution in [2.75, 3.05) is 0 Å². The number of hydrogen-bond acceptors (Lipinski definition) is 3. The average molecular weight is 218 g/mol. The van der Waals surface area contributed by atoms with Gasteiger partial charge in [-0.15, -0.1) is 0 Å². The average Bonchev–Trinajstić information content (AvgIpc) is 2.42. The molecule has 84 valence electrons. The molecule has 0 aromatic heterocycles. The molecule has 1 aromatic carbocycles. The highest BCUT2D eigenvalue weighted by molar-refractivity contribution is 5.82. The van der Waals surface area contributed by atoms with Gasteiger partial charge in [0.15, 0.2) is 0 Å². The smallest absolute Gasteiger partial charge is 0.330 e. The summed E-state index contributed by atoms with van der Waals surface area (Å²) in [4.78, 5) is 11.2. The first kappa shape index (κ1) is 10.9. The number of carbonyl (C=O) groups excluding carboxylic acids is 1. The van der Waals surface area contributed by atoms with Crippen LogP contribution in [0.2, 0.25) is 0 Å². The molecule has 2 rings (SSSR count). The molecule has 1 N–H and O–H groups in total. The molecule has 0 saturated carbocycles. The minimum Gasteiger partial charge on any atom is -0.459 e. The van der Waals surface area contributed by atoms with Gasteiger partial charge in [0.25, 0.3) is 0 Å². The highest BCUT2D eigenvalue weighted by Gasteiger charge is 2.20. The highest BCUT2D eigenvalue weighted by Crippen LogP contribution is 2.15. The lowest BCUT2D eigenvalue weighted by Gasteiger charge is -2.16. The predicted octanol–water partition coefficient (Wildman–Crippen LogP) is 1.46. The van der Waals surface area contributed by atoms with Crippen molar-refractivity contribution in [2.45, 2.75) is 25.0 Å². The summed E-state index contributed by atoms with van der Waals surface area (Å²) in [7, 11) is 0. The Labute approximate surface area is 94.4 Å². The molecule has 0 aliphatic carbocycles. The van der Waals surface area contributed by atoms with Gasteiger partial charge in [-0.1, -0.05) is 30.3 Å². The summed E-state index contributed by atoms with van der Waals surface area (Å²) in [6.45, 7) is 0. The van der Waals surface area contributed by atoms with Crippen LogP contribution in [-0.2, 0) is 16.0 Å². The van der Waals surface area contributed by atoms with E-state index < -0.39 is 6.10 Å². The molecule has 0 saturated heterocycles. The molecular weight excluding hydrogens is 204 g/mol. The molecule has 1 aliphatic rings. The van der Waals surface area contributed by atoms with E-state index in [0.29, 0.717) is 12.8 Å². The number of rotatable bonds is 2. The number of carbonyl (C=O) groups is 1. The fourth-order valence-corrected chi connectivity index (χ4v) is 1.79. The summed E-state index contributed by atoms with van der Waals surface area (Å²) in [6, 6.07) is 9.81. The molecule has 0 spiro atoms. The summed E-state index contributed by atoms with van der Waals surface area (Å²) in [5, 5.41) is 9.54. The van der Waals surface area contributed by atoms with E-state index in [4.69, 9.17) is 4.74 Å². The van der Waals surface area contributed by atoms with Crippen LogP contribution in [0.15, 0.2) is 42.5 Å². The lowest BCUT2D eigenvalue weighted by Crippen LogP contribution is -2.21. The van der Waals surface area contributed by atoms with E-state index in [9.17, 15) is 9.90 Å². The van der Waals surface area contributed by atoms with Crippen molar-refractivity contribution < 1.29 is 14.6 Å². The van der Waals surface area contributed by atoms with Gasteiger partial charge in [0, 0.05) is 18.9 Å². The number of hydrogen-bond donors (Lipinski definition) is 1.